The first-order valence-corrected chi connectivity index (χ1v) is 17.1. The van der Waals surface area contributed by atoms with Gasteiger partial charge in [0.25, 0.3) is 0 Å². The molecule has 0 bridgehead atoms. The first-order valence-electron chi connectivity index (χ1n) is 17.1. The second kappa shape index (κ2) is 16.6. The highest BCUT2D eigenvalue weighted by atomic mass is 19.4. The van der Waals surface area contributed by atoms with Crippen LogP contribution in [0.3, 0.4) is 0 Å². The molecule has 16 heteroatoms. The minimum absolute atomic E-state index is 0.0269. The molecule has 54 heavy (non-hydrogen) atoms. The summed E-state index contributed by atoms with van der Waals surface area (Å²) in [6, 6.07) is 13.3. The summed E-state index contributed by atoms with van der Waals surface area (Å²) < 4.78 is 91.3. The molecular weight excluding hydrogens is 722 g/mol. The van der Waals surface area contributed by atoms with E-state index in [9.17, 15) is 45.5 Å². The fourth-order valence-corrected chi connectivity index (χ4v) is 6.21. The number of ether oxygens (including phenoxy) is 2. The van der Waals surface area contributed by atoms with Crippen LogP contribution in [0.25, 0.3) is 10.9 Å². The summed E-state index contributed by atoms with van der Waals surface area (Å²) in [5.41, 5.74) is -1.71. The van der Waals surface area contributed by atoms with Crippen molar-refractivity contribution in [3.8, 4) is 0 Å². The van der Waals surface area contributed by atoms with E-state index >= 15 is 0 Å². The Morgan fingerprint density at radius 3 is 2.15 bits per heavy atom. The van der Waals surface area contributed by atoms with Crippen molar-refractivity contribution in [2.75, 3.05) is 6.54 Å². The number of esters is 1. The van der Waals surface area contributed by atoms with Crippen LogP contribution in [0.2, 0.25) is 0 Å². The van der Waals surface area contributed by atoms with Gasteiger partial charge in [-0.2, -0.15) is 26.3 Å². The summed E-state index contributed by atoms with van der Waals surface area (Å²) in [6.45, 7) is 2.74. The number of carbonyl (C=O) groups is 4. The zero-order valence-corrected chi connectivity index (χ0v) is 29.2. The molecule has 5 rings (SSSR count). The molecule has 1 aliphatic rings. The molecular formula is C38H38F6N4O6. The standard InChI is InChI=1S/C38H38F6N4O6/c1-22(2)14-32(48-13-12-30(34(48)50)47-36(52)54-20-23-8-4-3-5-9-23)33(49)46-31(17-25-19-45-29-11-7-6-10-28(25)29)35(51)53-21-24-15-26(37(39,40)41)18-27(16-24)38(42,43)44/h3-11,15-16,18-19,22,30-32,45H,12-14,17,20-21H2,1-2H3,(H,46,49)(H,47,52)/t30-,31-,32-/m0/s1. The van der Waals surface area contributed by atoms with E-state index < -0.39 is 77.7 Å². The van der Waals surface area contributed by atoms with Gasteiger partial charge in [0.1, 0.15) is 31.3 Å². The molecule has 0 radical (unpaired) electrons. The van der Waals surface area contributed by atoms with Crippen LogP contribution < -0.4 is 10.6 Å². The molecule has 10 nitrogen and oxygen atoms in total. The average molecular weight is 761 g/mol. The van der Waals surface area contributed by atoms with Gasteiger partial charge in [0, 0.05) is 30.1 Å². The lowest BCUT2D eigenvalue weighted by Gasteiger charge is -2.30. The number of H-pyrrole nitrogens is 1. The van der Waals surface area contributed by atoms with E-state index in [1.54, 1.807) is 54.7 Å². The lowest BCUT2D eigenvalue weighted by atomic mass is 10.00. The van der Waals surface area contributed by atoms with E-state index in [-0.39, 0.29) is 44.4 Å². The number of nitrogens with one attached hydrogen (secondary N) is 3. The predicted octanol–water partition coefficient (Wildman–Crippen LogP) is 6.92. The molecule has 0 spiro atoms. The summed E-state index contributed by atoms with van der Waals surface area (Å²) in [5, 5.41) is 5.86. The summed E-state index contributed by atoms with van der Waals surface area (Å²) in [4.78, 5) is 58.0. The number of para-hydroxylation sites is 1. The molecule has 2 heterocycles. The number of alkyl halides is 6. The Bertz CT molecular complexity index is 1930. The number of benzene rings is 3. The number of halogens is 6. The van der Waals surface area contributed by atoms with Crippen LogP contribution in [0.5, 0.6) is 0 Å². The molecule has 288 valence electrons. The maximum absolute atomic E-state index is 14.0. The number of nitrogens with zero attached hydrogens (tertiary/aromatic N) is 1. The second-order valence-corrected chi connectivity index (χ2v) is 13.4. The Hall–Kier alpha value is -5.54. The van der Waals surface area contributed by atoms with Crippen molar-refractivity contribution in [1.29, 1.82) is 0 Å². The van der Waals surface area contributed by atoms with Crippen molar-refractivity contribution in [2.24, 2.45) is 5.92 Å². The minimum atomic E-state index is -5.11. The third-order valence-corrected chi connectivity index (χ3v) is 8.85. The van der Waals surface area contributed by atoms with Gasteiger partial charge < -0.3 is 30.0 Å². The molecule has 3 atom stereocenters. The normalized spacial score (nSPS) is 16.0. The Morgan fingerprint density at radius 2 is 1.50 bits per heavy atom. The summed E-state index contributed by atoms with van der Waals surface area (Å²) in [6.07, 6.45) is -9.30. The van der Waals surface area contributed by atoms with Crippen LogP contribution >= 0.6 is 0 Å². The maximum atomic E-state index is 14.0. The van der Waals surface area contributed by atoms with Gasteiger partial charge in [-0.1, -0.05) is 62.4 Å². The first kappa shape index (κ1) is 39.7. The number of rotatable bonds is 13. The van der Waals surface area contributed by atoms with Crippen LogP contribution in [-0.4, -0.2) is 58.4 Å². The average Bonchev–Trinajstić information content (AvgIpc) is 3.70. The van der Waals surface area contributed by atoms with E-state index in [1.807, 2.05) is 19.9 Å². The van der Waals surface area contributed by atoms with Crippen molar-refractivity contribution >= 4 is 34.8 Å². The van der Waals surface area contributed by atoms with E-state index in [4.69, 9.17) is 9.47 Å². The molecule has 1 fully saturated rings. The number of hydrogen-bond acceptors (Lipinski definition) is 6. The van der Waals surface area contributed by atoms with Gasteiger partial charge in [-0.15, -0.1) is 0 Å². The number of amides is 3. The van der Waals surface area contributed by atoms with Gasteiger partial charge in [-0.3, -0.25) is 9.59 Å². The molecule has 1 aliphatic heterocycles. The first-order chi connectivity index (χ1) is 25.5. The van der Waals surface area contributed by atoms with Crippen molar-refractivity contribution in [2.45, 2.75) is 76.8 Å². The zero-order chi connectivity index (χ0) is 39.2. The van der Waals surface area contributed by atoms with E-state index in [0.717, 1.165) is 5.56 Å². The number of likely N-dealkylation sites (tertiary alicyclic amines) is 1. The van der Waals surface area contributed by atoms with Crippen molar-refractivity contribution in [1.82, 2.24) is 20.5 Å². The molecule has 3 N–H and O–H groups in total. The number of fused-ring (bicyclic) bond motifs is 1. The Labute approximate surface area is 306 Å². The highest BCUT2D eigenvalue weighted by Gasteiger charge is 2.41. The molecule has 3 aromatic carbocycles. The summed E-state index contributed by atoms with van der Waals surface area (Å²) >= 11 is 0. The number of aromatic amines is 1. The third-order valence-electron chi connectivity index (χ3n) is 8.85. The number of alkyl carbamates (subject to hydrolysis) is 1. The molecule has 0 aliphatic carbocycles. The van der Waals surface area contributed by atoms with E-state index in [1.165, 1.54) is 4.90 Å². The van der Waals surface area contributed by atoms with Crippen LogP contribution in [-0.2, 0) is 55.8 Å². The van der Waals surface area contributed by atoms with Crippen molar-refractivity contribution < 1.29 is 55.0 Å². The Kier molecular flexibility index (Phi) is 12.2. The largest absolute Gasteiger partial charge is 0.459 e. The van der Waals surface area contributed by atoms with Gasteiger partial charge in [-0.05, 0) is 59.7 Å². The summed E-state index contributed by atoms with van der Waals surface area (Å²) in [5.74, 6) is -2.55. The molecule has 4 aromatic rings. The van der Waals surface area contributed by atoms with Gasteiger partial charge in [0.05, 0.1) is 11.1 Å². The lowest BCUT2D eigenvalue weighted by Crippen LogP contribution is -2.54. The highest BCUT2D eigenvalue weighted by molar-refractivity contribution is 5.94. The van der Waals surface area contributed by atoms with Gasteiger partial charge in [0.2, 0.25) is 11.8 Å². The second-order valence-electron chi connectivity index (χ2n) is 13.4. The third kappa shape index (κ3) is 10.1. The van der Waals surface area contributed by atoms with Crippen molar-refractivity contribution in [3.63, 3.8) is 0 Å². The monoisotopic (exact) mass is 760 g/mol. The SMILES string of the molecule is CC(C)C[C@@H](C(=O)N[C@@H](Cc1c[nH]c2ccccc12)C(=O)OCc1cc(C(F)(F)F)cc(C(F)(F)F)c1)N1CC[C@H](NC(=O)OCc2ccccc2)C1=O. The van der Waals surface area contributed by atoms with Gasteiger partial charge >= 0.3 is 24.4 Å². The fourth-order valence-electron chi connectivity index (χ4n) is 6.21. The zero-order valence-electron chi connectivity index (χ0n) is 29.2. The number of hydrogen-bond donors (Lipinski definition) is 3. The molecule has 1 saturated heterocycles. The number of carbonyl (C=O) groups excluding carboxylic acids is 4. The predicted molar refractivity (Wildman–Crippen MR) is 183 cm³/mol. The molecule has 1 aromatic heterocycles. The smallest absolute Gasteiger partial charge is 0.416 e. The topological polar surface area (TPSA) is 130 Å². The quantitative estimate of drug-likeness (QED) is 0.100. The van der Waals surface area contributed by atoms with Gasteiger partial charge in [-0.25, -0.2) is 9.59 Å². The molecule has 0 unspecified atom stereocenters. The summed E-state index contributed by atoms with van der Waals surface area (Å²) in [7, 11) is 0. The van der Waals surface area contributed by atoms with Crippen molar-refractivity contribution in [3.05, 3.63) is 107 Å². The number of aromatic nitrogens is 1. The van der Waals surface area contributed by atoms with Crippen LogP contribution in [0, 0.1) is 5.92 Å². The van der Waals surface area contributed by atoms with Crippen LogP contribution in [0.1, 0.15) is 54.5 Å². The van der Waals surface area contributed by atoms with E-state index in [2.05, 4.69) is 15.6 Å². The van der Waals surface area contributed by atoms with E-state index in [0.29, 0.717) is 28.6 Å². The molecule has 3 amide bonds. The fraction of sp³-hybridized carbons (Fsp3) is 0.368. The van der Waals surface area contributed by atoms with Crippen LogP contribution in [0.15, 0.2) is 79.0 Å². The lowest BCUT2D eigenvalue weighted by molar-refractivity contribution is -0.150. The Balaban J connectivity index is 1.34. The maximum Gasteiger partial charge on any atom is 0.416 e. The highest BCUT2D eigenvalue weighted by Crippen LogP contribution is 2.36. The Morgan fingerprint density at radius 1 is 0.870 bits per heavy atom. The van der Waals surface area contributed by atoms with Crippen LogP contribution in [0.4, 0.5) is 31.1 Å². The minimum Gasteiger partial charge on any atom is -0.459 e. The molecule has 0 saturated carbocycles. The van der Waals surface area contributed by atoms with Gasteiger partial charge in [0.15, 0.2) is 0 Å².